The van der Waals surface area contributed by atoms with E-state index in [1.165, 1.54) is 0 Å². The zero-order valence-electron chi connectivity index (χ0n) is 15.3. The van der Waals surface area contributed by atoms with Crippen LogP contribution in [0.25, 0.3) is 0 Å². The van der Waals surface area contributed by atoms with Gasteiger partial charge in [0.05, 0.1) is 6.61 Å². The molecule has 0 fully saturated rings. The second-order valence-electron chi connectivity index (χ2n) is 6.13. The minimum absolute atomic E-state index is 0.264. The first-order valence-corrected chi connectivity index (χ1v) is 9.75. The average molecular weight is 387 g/mol. The summed E-state index contributed by atoms with van der Waals surface area (Å²) in [5.41, 5.74) is 2.01. The smallest absolute Gasteiger partial charge is 0.330 e. The van der Waals surface area contributed by atoms with Crippen molar-refractivity contribution in [3.05, 3.63) is 29.8 Å². The Morgan fingerprint density at radius 3 is 2.28 bits per heavy atom. The topological polar surface area (TPSA) is 41.9 Å². The lowest BCUT2D eigenvalue weighted by Gasteiger charge is -2.22. The zero-order valence-corrected chi connectivity index (χ0v) is 16.8. The molecule has 0 radical (unpaired) electrons. The number of carbonyl (C=O) groups is 1. The van der Waals surface area contributed by atoms with Crippen LogP contribution in [0.15, 0.2) is 29.3 Å². The van der Waals surface area contributed by atoms with Gasteiger partial charge in [-0.2, -0.15) is 0 Å². The van der Waals surface area contributed by atoms with Gasteiger partial charge in [0.15, 0.2) is 0 Å². The highest BCUT2D eigenvalue weighted by atomic mass is 35.5. The number of benzene rings is 1. The molecule has 0 unspecified atom stereocenters. The second kappa shape index (κ2) is 12.2. The summed E-state index contributed by atoms with van der Waals surface area (Å²) in [4.78, 5) is 18.6. The van der Waals surface area contributed by atoms with Gasteiger partial charge in [-0.25, -0.2) is 4.79 Å². The monoisotopic (exact) mass is 386 g/mol. The Balaban J connectivity index is 2.82. The summed E-state index contributed by atoms with van der Waals surface area (Å²) in [6.45, 7) is 7.81. The number of carbonyl (C=O) groups excluding carboxylic acids is 1. The molecule has 0 heterocycles. The molecule has 4 nitrogen and oxygen atoms in total. The van der Waals surface area contributed by atoms with Gasteiger partial charge >= 0.3 is 5.97 Å². The molecule has 0 saturated carbocycles. The van der Waals surface area contributed by atoms with Gasteiger partial charge < -0.3 is 9.64 Å². The van der Waals surface area contributed by atoms with Crippen molar-refractivity contribution in [2.24, 2.45) is 10.9 Å². The molecule has 0 aromatic heterocycles. The number of aliphatic imine (C=N–C) groups is 1. The minimum Gasteiger partial charge on any atom is -0.464 e. The summed E-state index contributed by atoms with van der Waals surface area (Å²) in [5, 5.41) is 0. The maximum Gasteiger partial charge on any atom is 0.330 e. The number of alkyl halides is 2. The number of hydrogen-bond acceptors (Lipinski definition) is 4. The standard InChI is InChI=1S/C19H28Cl2N2O2/c1-4-25-19(24)18(13-15(2)3)22-14-16-5-7-17(8-6-16)23(11-9-20)12-10-21/h5-8,14-15,18H,4,9-13H2,1-3H3/t18-/m1/s1. The van der Waals surface area contributed by atoms with Crippen LogP contribution in [-0.4, -0.2) is 49.7 Å². The third kappa shape index (κ3) is 8.10. The van der Waals surface area contributed by atoms with E-state index in [1.807, 2.05) is 24.3 Å². The number of ether oxygens (including phenoxy) is 1. The van der Waals surface area contributed by atoms with Crippen LogP contribution in [0.4, 0.5) is 5.69 Å². The van der Waals surface area contributed by atoms with Crippen LogP contribution >= 0.6 is 23.2 Å². The molecule has 0 aliphatic carbocycles. The van der Waals surface area contributed by atoms with Crippen molar-refractivity contribution in [3.8, 4) is 0 Å². The molecule has 0 amide bonds. The maximum atomic E-state index is 12.0. The first-order valence-electron chi connectivity index (χ1n) is 8.68. The van der Waals surface area contributed by atoms with Crippen LogP contribution in [0.2, 0.25) is 0 Å². The predicted octanol–water partition coefficient (Wildman–Crippen LogP) is 4.37. The van der Waals surface area contributed by atoms with Gasteiger partial charge in [0.1, 0.15) is 6.04 Å². The third-order valence-corrected chi connectivity index (χ3v) is 3.96. The van der Waals surface area contributed by atoms with Gasteiger partial charge in [0, 0.05) is 36.8 Å². The maximum absolute atomic E-state index is 12.0. The normalized spacial score (nSPS) is 12.6. The van der Waals surface area contributed by atoms with E-state index in [0.717, 1.165) is 24.3 Å². The van der Waals surface area contributed by atoms with Crippen molar-refractivity contribution in [2.75, 3.05) is 36.4 Å². The Labute approximate surface area is 161 Å². The minimum atomic E-state index is -0.455. The lowest BCUT2D eigenvalue weighted by atomic mass is 10.0. The average Bonchev–Trinajstić information content (AvgIpc) is 2.59. The van der Waals surface area contributed by atoms with Gasteiger partial charge in [-0.05, 0) is 37.0 Å². The van der Waals surface area contributed by atoms with Gasteiger partial charge in [-0.15, -0.1) is 23.2 Å². The van der Waals surface area contributed by atoms with Crippen LogP contribution in [-0.2, 0) is 9.53 Å². The fraction of sp³-hybridized carbons (Fsp3) is 0.579. The van der Waals surface area contributed by atoms with E-state index in [9.17, 15) is 4.79 Å². The molecule has 25 heavy (non-hydrogen) atoms. The van der Waals surface area contributed by atoms with E-state index in [4.69, 9.17) is 27.9 Å². The molecular weight excluding hydrogens is 359 g/mol. The fourth-order valence-corrected chi connectivity index (χ4v) is 2.83. The largest absolute Gasteiger partial charge is 0.464 e. The summed E-state index contributed by atoms with van der Waals surface area (Å²) in [6.07, 6.45) is 2.41. The van der Waals surface area contributed by atoms with E-state index >= 15 is 0 Å². The summed E-state index contributed by atoms with van der Waals surface area (Å²) in [5.74, 6) is 1.21. The first kappa shape index (κ1) is 21.8. The SMILES string of the molecule is CCOC(=O)[C@@H](CC(C)C)N=Cc1ccc(N(CCCl)CCCl)cc1. The number of nitrogens with zero attached hydrogens (tertiary/aromatic N) is 2. The van der Waals surface area contributed by atoms with E-state index in [1.54, 1.807) is 13.1 Å². The summed E-state index contributed by atoms with van der Waals surface area (Å²) < 4.78 is 5.11. The Bertz CT molecular complexity index is 527. The number of rotatable bonds is 11. The Morgan fingerprint density at radius 1 is 1.20 bits per heavy atom. The number of anilines is 1. The predicted molar refractivity (Wildman–Crippen MR) is 108 cm³/mol. The molecule has 0 bridgehead atoms. The van der Waals surface area contributed by atoms with Crippen molar-refractivity contribution in [3.63, 3.8) is 0 Å². The van der Waals surface area contributed by atoms with E-state index in [-0.39, 0.29) is 5.97 Å². The molecule has 0 spiro atoms. The Hall–Kier alpha value is -1.26. The van der Waals surface area contributed by atoms with E-state index in [0.29, 0.717) is 30.7 Å². The van der Waals surface area contributed by atoms with Gasteiger partial charge in [-0.3, -0.25) is 4.99 Å². The summed E-state index contributed by atoms with van der Waals surface area (Å²) >= 11 is 11.7. The number of esters is 1. The lowest BCUT2D eigenvalue weighted by Crippen LogP contribution is -2.27. The molecule has 0 aliphatic heterocycles. The lowest BCUT2D eigenvalue weighted by molar-refractivity contribution is -0.144. The molecule has 140 valence electrons. The van der Waals surface area contributed by atoms with Crippen molar-refractivity contribution in [1.29, 1.82) is 0 Å². The zero-order chi connectivity index (χ0) is 18.7. The molecule has 1 aromatic rings. The van der Waals surface area contributed by atoms with Crippen molar-refractivity contribution >= 4 is 41.1 Å². The van der Waals surface area contributed by atoms with E-state index < -0.39 is 6.04 Å². The number of halogens is 2. The molecule has 0 saturated heterocycles. The third-order valence-electron chi connectivity index (χ3n) is 3.62. The highest BCUT2D eigenvalue weighted by Crippen LogP contribution is 2.16. The molecule has 6 heteroatoms. The second-order valence-corrected chi connectivity index (χ2v) is 6.89. The summed E-state index contributed by atoms with van der Waals surface area (Å²) in [7, 11) is 0. The molecule has 1 aromatic carbocycles. The Morgan fingerprint density at radius 2 is 1.80 bits per heavy atom. The first-order chi connectivity index (χ1) is 12.0. The van der Waals surface area contributed by atoms with Gasteiger partial charge in [0.2, 0.25) is 0 Å². The summed E-state index contributed by atoms with van der Waals surface area (Å²) in [6, 6.07) is 7.53. The van der Waals surface area contributed by atoms with Crippen LogP contribution in [0.5, 0.6) is 0 Å². The van der Waals surface area contributed by atoms with Crippen LogP contribution < -0.4 is 4.90 Å². The van der Waals surface area contributed by atoms with Crippen molar-refractivity contribution in [2.45, 2.75) is 33.2 Å². The quantitative estimate of drug-likeness (QED) is 0.322. The van der Waals surface area contributed by atoms with Gasteiger partial charge in [-0.1, -0.05) is 26.0 Å². The highest BCUT2D eigenvalue weighted by Gasteiger charge is 2.19. The van der Waals surface area contributed by atoms with Crippen LogP contribution in [0, 0.1) is 5.92 Å². The molecule has 1 rings (SSSR count). The van der Waals surface area contributed by atoms with Crippen LogP contribution in [0.3, 0.4) is 0 Å². The molecule has 1 atom stereocenters. The van der Waals surface area contributed by atoms with E-state index in [2.05, 4.69) is 23.7 Å². The number of hydrogen-bond donors (Lipinski definition) is 0. The molecular formula is C19H28Cl2N2O2. The van der Waals surface area contributed by atoms with Gasteiger partial charge in [0.25, 0.3) is 0 Å². The Kier molecular flexibility index (Phi) is 10.6. The van der Waals surface area contributed by atoms with Crippen molar-refractivity contribution < 1.29 is 9.53 Å². The van der Waals surface area contributed by atoms with Crippen molar-refractivity contribution in [1.82, 2.24) is 0 Å². The fourth-order valence-electron chi connectivity index (χ4n) is 2.42. The highest BCUT2D eigenvalue weighted by molar-refractivity contribution is 6.18. The molecule has 0 N–H and O–H groups in total. The molecule has 0 aliphatic rings. The van der Waals surface area contributed by atoms with Crippen LogP contribution in [0.1, 0.15) is 32.8 Å².